The highest BCUT2D eigenvalue weighted by Gasteiger charge is 2.16. The molecule has 0 aliphatic rings. The maximum atomic E-state index is 14.9. The Bertz CT molecular complexity index is 1390. The Labute approximate surface area is 226 Å². The summed E-state index contributed by atoms with van der Waals surface area (Å²) in [6.07, 6.45) is 7.75. The molecule has 0 spiro atoms. The zero-order valence-electron chi connectivity index (χ0n) is 22.3. The SMILES string of the molecule is CO.Cc1cccc(-c2[nH]ncc2-c2ccc(F)c(-c3cnn(CC(=O)N(C)CCCCC(N)C=O)c3)c2)n1. The predicted octanol–water partition coefficient (Wildman–Crippen LogP) is 3.21. The van der Waals surface area contributed by atoms with E-state index >= 15 is 0 Å². The number of aldehydes is 1. The lowest BCUT2D eigenvalue weighted by molar-refractivity contribution is -0.130. The van der Waals surface area contributed by atoms with Gasteiger partial charge in [-0.2, -0.15) is 10.2 Å². The van der Waals surface area contributed by atoms with Crippen molar-refractivity contribution < 1.29 is 19.1 Å². The van der Waals surface area contributed by atoms with Gasteiger partial charge in [0.05, 0.1) is 29.8 Å². The predicted molar refractivity (Wildman–Crippen MR) is 147 cm³/mol. The molecule has 4 N–H and O–H groups in total. The fraction of sp³-hybridized carbons (Fsp3) is 0.321. The van der Waals surface area contributed by atoms with Crippen molar-refractivity contribution in [2.45, 2.75) is 38.8 Å². The second kappa shape index (κ2) is 14.1. The van der Waals surface area contributed by atoms with Gasteiger partial charge in [0.15, 0.2) is 0 Å². The molecule has 1 amide bonds. The number of H-pyrrole nitrogens is 1. The smallest absolute Gasteiger partial charge is 0.244 e. The molecule has 0 bridgehead atoms. The second-order valence-corrected chi connectivity index (χ2v) is 9.06. The van der Waals surface area contributed by atoms with Crippen molar-refractivity contribution in [1.29, 1.82) is 0 Å². The molecule has 1 unspecified atom stereocenters. The van der Waals surface area contributed by atoms with Crippen molar-refractivity contribution in [1.82, 2.24) is 29.9 Å². The quantitative estimate of drug-likeness (QED) is 0.198. The van der Waals surface area contributed by atoms with Gasteiger partial charge >= 0.3 is 0 Å². The van der Waals surface area contributed by atoms with E-state index in [1.807, 2.05) is 25.1 Å². The molecule has 3 aromatic heterocycles. The summed E-state index contributed by atoms with van der Waals surface area (Å²) in [4.78, 5) is 29.4. The third-order valence-electron chi connectivity index (χ3n) is 6.18. The number of amides is 1. The summed E-state index contributed by atoms with van der Waals surface area (Å²) in [5, 5.41) is 18.5. The Morgan fingerprint density at radius 3 is 2.72 bits per heavy atom. The normalized spacial score (nSPS) is 11.4. The van der Waals surface area contributed by atoms with Crippen LogP contribution in [0.25, 0.3) is 33.6 Å². The van der Waals surface area contributed by atoms with E-state index < -0.39 is 6.04 Å². The van der Waals surface area contributed by atoms with Gasteiger partial charge in [0.2, 0.25) is 5.91 Å². The zero-order valence-corrected chi connectivity index (χ0v) is 22.3. The molecule has 0 fully saturated rings. The molecular weight excluding hydrogens is 501 g/mol. The van der Waals surface area contributed by atoms with Crippen molar-refractivity contribution >= 4 is 12.2 Å². The van der Waals surface area contributed by atoms with Crippen molar-refractivity contribution in [2.75, 3.05) is 20.7 Å². The summed E-state index contributed by atoms with van der Waals surface area (Å²) >= 11 is 0. The lowest BCUT2D eigenvalue weighted by Gasteiger charge is -2.17. The number of nitrogens with one attached hydrogen (secondary N) is 1. The van der Waals surface area contributed by atoms with E-state index in [0.29, 0.717) is 24.1 Å². The molecule has 39 heavy (non-hydrogen) atoms. The monoisotopic (exact) mass is 535 g/mol. The van der Waals surface area contributed by atoms with Crippen molar-refractivity contribution in [3.63, 3.8) is 0 Å². The largest absolute Gasteiger partial charge is 0.400 e. The van der Waals surface area contributed by atoms with Crippen molar-refractivity contribution in [3.05, 3.63) is 66.5 Å². The van der Waals surface area contributed by atoms with Gasteiger partial charge in [0.1, 0.15) is 18.6 Å². The molecule has 4 aromatic rings. The Morgan fingerprint density at radius 2 is 1.97 bits per heavy atom. The molecule has 4 rings (SSSR count). The van der Waals surface area contributed by atoms with E-state index in [2.05, 4.69) is 20.3 Å². The topological polar surface area (TPSA) is 143 Å². The van der Waals surface area contributed by atoms with Crippen LogP contribution in [0, 0.1) is 12.7 Å². The van der Waals surface area contributed by atoms with Crippen molar-refractivity contribution in [2.24, 2.45) is 5.73 Å². The number of carbonyl (C=O) groups excluding carboxylic acids is 2. The van der Waals surface area contributed by atoms with Gasteiger partial charge in [-0.25, -0.2) is 4.39 Å². The maximum Gasteiger partial charge on any atom is 0.244 e. The number of hydrogen-bond acceptors (Lipinski definition) is 7. The number of rotatable bonds is 11. The Kier molecular flexibility index (Phi) is 10.6. The minimum Gasteiger partial charge on any atom is -0.400 e. The minimum absolute atomic E-state index is 0.0383. The third kappa shape index (κ3) is 7.65. The number of halogens is 1. The lowest BCUT2D eigenvalue weighted by Crippen LogP contribution is -2.31. The van der Waals surface area contributed by atoms with E-state index in [-0.39, 0.29) is 18.3 Å². The van der Waals surface area contributed by atoms with E-state index in [4.69, 9.17) is 10.8 Å². The van der Waals surface area contributed by atoms with Crippen molar-refractivity contribution in [3.8, 4) is 33.6 Å². The van der Waals surface area contributed by atoms with Crippen LogP contribution in [-0.4, -0.2) is 73.9 Å². The van der Waals surface area contributed by atoms with Gasteiger partial charge < -0.3 is 20.5 Å². The van der Waals surface area contributed by atoms with Crippen LogP contribution in [0.5, 0.6) is 0 Å². The first-order chi connectivity index (χ1) is 18.9. The molecule has 0 aliphatic carbocycles. The molecule has 206 valence electrons. The number of pyridine rings is 1. The number of aromatic nitrogens is 5. The molecule has 0 saturated carbocycles. The lowest BCUT2D eigenvalue weighted by atomic mass is 9.99. The van der Waals surface area contributed by atoms with Crippen LogP contribution >= 0.6 is 0 Å². The summed E-state index contributed by atoms with van der Waals surface area (Å²) in [6, 6.07) is 10.1. The van der Waals surface area contributed by atoms with Crippen LogP contribution in [0.15, 0.2) is 55.0 Å². The molecule has 10 nitrogen and oxygen atoms in total. The highest BCUT2D eigenvalue weighted by molar-refractivity contribution is 5.82. The highest BCUT2D eigenvalue weighted by Crippen LogP contribution is 2.33. The van der Waals surface area contributed by atoms with Crippen LogP contribution in [0.1, 0.15) is 25.0 Å². The maximum absolute atomic E-state index is 14.9. The second-order valence-electron chi connectivity index (χ2n) is 9.06. The first kappa shape index (κ1) is 29.3. The average molecular weight is 536 g/mol. The number of aromatic amines is 1. The Hall–Kier alpha value is -4.22. The van der Waals surface area contributed by atoms with E-state index in [1.54, 1.807) is 42.7 Å². The summed E-state index contributed by atoms with van der Waals surface area (Å²) in [7, 11) is 2.72. The van der Waals surface area contributed by atoms with E-state index in [9.17, 15) is 14.0 Å². The number of aryl methyl sites for hydroxylation is 1. The van der Waals surface area contributed by atoms with Gasteiger partial charge in [0, 0.05) is 49.3 Å². The van der Waals surface area contributed by atoms with Gasteiger partial charge in [-0.3, -0.25) is 19.6 Å². The molecule has 3 heterocycles. The van der Waals surface area contributed by atoms with Gasteiger partial charge in [-0.15, -0.1) is 0 Å². The number of unbranched alkanes of at least 4 members (excludes halogenated alkanes) is 1. The number of nitrogens with zero attached hydrogens (tertiary/aromatic N) is 5. The Morgan fingerprint density at radius 1 is 1.18 bits per heavy atom. The van der Waals surface area contributed by atoms with Gasteiger partial charge in [-0.05, 0) is 56.0 Å². The van der Waals surface area contributed by atoms with Gasteiger partial charge in [0.25, 0.3) is 0 Å². The zero-order chi connectivity index (χ0) is 28.4. The average Bonchev–Trinajstić information content (AvgIpc) is 3.62. The minimum atomic E-state index is -0.457. The summed E-state index contributed by atoms with van der Waals surface area (Å²) in [6.45, 7) is 2.51. The van der Waals surface area contributed by atoms with Crippen LogP contribution in [-0.2, 0) is 16.1 Å². The van der Waals surface area contributed by atoms with E-state index in [0.717, 1.165) is 54.4 Å². The van der Waals surface area contributed by atoms with E-state index in [1.165, 1.54) is 10.7 Å². The molecule has 11 heteroatoms. The number of nitrogens with two attached hydrogens (primary N) is 1. The van der Waals surface area contributed by atoms with Crippen LogP contribution < -0.4 is 5.73 Å². The summed E-state index contributed by atoms with van der Waals surface area (Å²) < 4.78 is 16.4. The third-order valence-corrected chi connectivity index (χ3v) is 6.18. The summed E-state index contributed by atoms with van der Waals surface area (Å²) in [5.74, 6) is -0.503. The van der Waals surface area contributed by atoms with Crippen LogP contribution in [0.4, 0.5) is 4.39 Å². The summed E-state index contributed by atoms with van der Waals surface area (Å²) in [5.41, 5.74) is 10.5. The van der Waals surface area contributed by atoms with Gasteiger partial charge in [-0.1, -0.05) is 12.1 Å². The van der Waals surface area contributed by atoms with Crippen LogP contribution in [0.2, 0.25) is 0 Å². The molecule has 1 atom stereocenters. The number of likely N-dealkylation sites (N-methyl/N-ethyl adjacent to an activating group) is 1. The van der Waals surface area contributed by atoms with Crippen LogP contribution in [0.3, 0.4) is 0 Å². The Balaban J connectivity index is 0.00000205. The molecule has 0 aliphatic heterocycles. The standard InChI is InChI=1S/C27H30FN7O2.CH4O/c1-18-6-5-8-25(32-18)27-23(14-30-33-27)19-9-10-24(28)22(12-19)20-13-31-35(15-20)16-26(37)34(2)11-4-3-7-21(29)17-36;1-2/h5-6,8-10,12-15,17,21H,3-4,7,11,16,29H2,1-2H3,(H,30,33);2H,1H3. The molecule has 0 saturated heterocycles. The first-order valence-corrected chi connectivity index (χ1v) is 12.6. The fourth-order valence-corrected chi connectivity index (χ4v) is 4.07. The molecule has 1 aromatic carbocycles. The molecule has 0 radical (unpaired) electrons. The fourth-order valence-electron chi connectivity index (χ4n) is 4.07. The number of aliphatic hydroxyl groups is 1. The number of benzene rings is 1. The molecular formula is C28H34FN7O3. The number of carbonyl (C=O) groups is 2. The highest BCUT2D eigenvalue weighted by atomic mass is 19.1. The number of hydrogen-bond donors (Lipinski definition) is 3. The first-order valence-electron chi connectivity index (χ1n) is 12.6. The number of aliphatic hydroxyl groups excluding tert-OH is 1.